The maximum Gasteiger partial charge on any atom is 0.275 e. The Morgan fingerprint density at radius 1 is 1.23 bits per heavy atom. The Balaban J connectivity index is 1.49. The molecule has 138 valence electrons. The second-order valence-corrected chi connectivity index (χ2v) is 7.48. The van der Waals surface area contributed by atoms with Gasteiger partial charge in [-0.25, -0.2) is 0 Å². The van der Waals surface area contributed by atoms with Crippen LogP contribution in [-0.4, -0.2) is 36.0 Å². The van der Waals surface area contributed by atoms with Crippen LogP contribution in [-0.2, 0) is 16.6 Å². The third-order valence-electron chi connectivity index (χ3n) is 4.81. The smallest absolute Gasteiger partial charge is 0.275 e. The molecule has 2 atom stereocenters. The monoisotopic (exact) mass is 419 g/mol. The lowest BCUT2D eigenvalue weighted by Gasteiger charge is -2.21. The van der Waals surface area contributed by atoms with E-state index in [0.717, 1.165) is 23.9 Å². The third-order valence-corrected chi connectivity index (χ3v) is 5.50. The first kappa shape index (κ1) is 18.7. The van der Waals surface area contributed by atoms with Crippen LogP contribution >= 0.6 is 15.9 Å². The molecule has 1 fully saturated rings. The molecule has 1 aromatic heterocycles. The van der Waals surface area contributed by atoms with E-state index in [1.165, 1.54) is 10.6 Å². The van der Waals surface area contributed by atoms with Crippen LogP contribution in [0.2, 0.25) is 0 Å². The summed E-state index contributed by atoms with van der Waals surface area (Å²) in [5.74, 6) is -0.330. The Kier molecular flexibility index (Phi) is 6.11. The van der Waals surface area contributed by atoms with E-state index in [9.17, 15) is 9.59 Å². The van der Waals surface area contributed by atoms with Crippen LogP contribution in [0.4, 0.5) is 5.69 Å². The van der Waals surface area contributed by atoms with Gasteiger partial charge >= 0.3 is 0 Å². The minimum absolute atomic E-state index is 0.0255. The molecule has 6 nitrogen and oxygen atoms in total. The van der Waals surface area contributed by atoms with Crippen molar-refractivity contribution in [1.29, 1.82) is 0 Å². The summed E-state index contributed by atoms with van der Waals surface area (Å²) in [7, 11) is 2.04. The van der Waals surface area contributed by atoms with Crippen LogP contribution in [0.3, 0.4) is 0 Å². The van der Waals surface area contributed by atoms with Gasteiger partial charge in [0.15, 0.2) is 6.54 Å². The number of anilines is 1. The van der Waals surface area contributed by atoms with E-state index in [1.807, 2.05) is 43.6 Å². The molecule has 1 aromatic carbocycles. The summed E-state index contributed by atoms with van der Waals surface area (Å²) in [6.45, 7) is 1.34. The summed E-state index contributed by atoms with van der Waals surface area (Å²) >= 11 is 3.39. The molecule has 3 N–H and O–H groups in total. The van der Waals surface area contributed by atoms with Gasteiger partial charge in [-0.2, -0.15) is 0 Å². The SMILES string of the molecule is Cn1cccc1[C@@H]1CCC[NH+]1CC(=O)NCC(=O)Nc1ccccc1Br. The fraction of sp³-hybridized carbons (Fsp3) is 0.368. The number of carbonyl (C=O) groups excluding carboxylic acids is 2. The first-order valence-corrected chi connectivity index (χ1v) is 9.61. The number of aryl methyl sites for hydroxylation is 1. The molecule has 1 aliphatic rings. The van der Waals surface area contributed by atoms with Crippen molar-refractivity contribution >= 4 is 33.4 Å². The van der Waals surface area contributed by atoms with Gasteiger partial charge in [0.1, 0.15) is 6.04 Å². The lowest BCUT2D eigenvalue weighted by Crippen LogP contribution is -3.11. The number of quaternary nitrogens is 1. The van der Waals surface area contributed by atoms with Crippen LogP contribution < -0.4 is 15.5 Å². The molecule has 0 spiro atoms. The van der Waals surface area contributed by atoms with Gasteiger partial charge in [-0.05, 0) is 40.2 Å². The van der Waals surface area contributed by atoms with Crippen molar-refractivity contribution < 1.29 is 14.5 Å². The Morgan fingerprint density at radius 3 is 2.77 bits per heavy atom. The molecule has 26 heavy (non-hydrogen) atoms. The maximum atomic E-state index is 12.3. The third kappa shape index (κ3) is 4.53. The number of aromatic nitrogens is 1. The molecule has 0 bridgehead atoms. The number of para-hydroxylation sites is 1. The molecule has 1 unspecified atom stereocenters. The van der Waals surface area contributed by atoms with E-state index in [0.29, 0.717) is 18.3 Å². The van der Waals surface area contributed by atoms with Gasteiger partial charge < -0.3 is 20.1 Å². The number of carbonyl (C=O) groups is 2. The second-order valence-electron chi connectivity index (χ2n) is 6.63. The van der Waals surface area contributed by atoms with Gasteiger partial charge in [0.05, 0.1) is 24.5 Å². The number of hydrogen-bond acceptors (Lipinski definition) is 2. The number of rotatable bonds is 6. The molecule has 7 heteroatoms. The molecular formula is C19H24BrN4O2+. The highest BCUT2D eigenvalue weighted by Gasteiger charge is 2.32. The van der Waals surface area contributed by atoms with Gasteiger partial charge in [0.2, 0.25) is 5.91 Å². The Morgan fingerprint density at radius 2 is 2.04 bits per heavy atom. The molecule has 0 saturated carbocycles. The molecule has 0 radical (unpaired) electrons. The van der Waals surface area contributed by atoms with Gasteiger partial charge in [0, 0.05) is 30.6 Å². The molecule has 3 rings (SSSR count). The van der Waals surface area contributed by atoms with Crippen LogP contribution in [0.1, 0.15) is 24.6 Å². The predicted molar refractivity (Wildman–Crippen MR) is 104 cm³/mol. The maximum absolute atomic E-state index is 12.3. The van der Waals surface area contributed by atoms with E-state index >= 15 is 0 Å². The topological polar surface area (TPSA) is 67.6 Å². The average Bonchev–Trinajstić information content (AvgIpc) is 3.23. The highest BCUT2D eigenvalue weighted by Crippen LogP contribution is 2.21. The number of halogens is 1. The van der Waals surface area contributed by atoms with Gasteiger partial charge in [-0.1, -0.05) is 12.1 Å². The first-order chi connectivity index (χ1) is 12.5. The van der Waals surface area contributed by atoms with Crippen molar-refractivity contribution in [2.24, 2.45) is 7.05 Å². The van der Waals surface area contributed by atoms with Crippen LogP contribution in [0.15, 0.2) is 47.1 Å². The molecule has 2 aromatic rings. The molecule has 2 heterocycles. The number of benzene rings is 1. The van der Waals surface area contributed by atoms with Gasteiger partial charge in [0.25, 0.3) is 5.91 Å². The normalized spacial score (nSPS) is 19.3. The van der Waals surface area contributed by atoms with Crippen LogP contribution in [0, 0.1) is 0 Å². The number of nitrogens with one attached hydrogen (secondary N) is 3. The lowest BCUT2D eigenvalue weighted by atomic mass is 10.1. The predicted octanol–water partition coefficient (Wildman–Crippen LogP) is 1.26. The van der Waals surface area contributed by atoms with Crippen molar-refractivity contribution in [2.75, 3.05) is 25.0 Å². The minimum atomic E-state index is -0.236. The molecule has 2 amide bonds. The van der Waals surface area contributed by atoms with E-state index in [-0.39, 0.29) is 18.4 Å². The van der Waals surface area contributed by atoms with Crippen molar-refractivity contribution in [3.05, 3.63) is 52.8 Å². The Hall–Kier alpha value is -2.12. The Bertz CT molecular complexity index is 789. The summed E-state index contributed by atoms with van der Waals surface area (Å²) in [4.78, 5) is 25.6. The summed E-state index contributed by atoms with van der Waals surface area (Å²) in [6.07, 6.45) is 4.24. The van der Waals surface area contributed by atoms with Crippen molar-refractivity contribution in [1.82, 2.24) is 9.88 Å². The van der Waals surface area contributed by atoms with Crippen LogP contribution in [0.5, 0.6) is 0 Å². The Labute approximate surface area is 161 Å². The highest BCUT2D eigenvalue weighted by molar-refractivity contribution is 9.10. The average molecular weight is 420 g/mol. The second kappa shape index (κ2) is 8.51. The summed E-state index contributed by atoms with van der Waals surface area (Å²) in [5, 5.41) is 5.52. The number of amides is 2. The van der Waals surface area contributed by atoms with Crippen LogP contribution in [0.25, 0.3) is 0 Å². The number of nitrogens with zero attached hydrogens (tertiary/aromatic N) is 1. The molecule has 0 aliphatic carbocycles. The quantitative estimate of drug-likeness (QED) is 0.659. The zero-order valence-electron chi connectivity index (χ0n) is 14.8. The van der Waals surface area contributed by atoms with Crippen molar-refractivity contribution in [3.8, 4) is 0 Å². The van der Waals surface area contributed by atoms with Crippen molar-refractivity contribution in [3.63, 3.8) is 0 Å². The number of hydrogen-bond donors (Lipinski definition) is 3. The molecule has 1 saturated heterocycles. The fourth-order valence-electron chi connectivity index (χ4n) is 3.52. The first-order valence-electron chi connectivity index (χ1n) is 8.81. The van der Waals surface area contributed by atoms with Crippen molar-refractivity contribution in [2.45, 2.75) is 18.9 Å². The molecule has 1 aliphatic heterocycles. The largest absolute Gasteiger partial charge is 0.350 e. The summed E-state index contributed by atoms with van der Waals surface area (Å²) in [5.41, 5.74) is 1.96. The standard InChI is InChI=1S/C19H23BrN4O2/c1-23-10-4-8-16(23)17-9-5-11-24(17)13-19(26)21-12-18(25)22-15-7-3-2-6-14(15)20/h2-4,6-8,10,17H,5,9,11-13H2,1H3,(H,21,26)(H,22,25)/p+1/t17-/m0/s1. The zero-order valence-corrected chi connectivity index (χ0v) is 16.4. The fourth-order valence-corrected chi connectivity index (χ4v) is 3.91. The summed E-state index contributed by atoms with van der Waals surface area (Å²) in [6, 6.07) is 11.9. The molecular weight excluding hydrogens is 396 g/mol. The zero-order chi connectivity index (χ0) is 18.5. The minimum Gasteiger partial charge on any atom is -0.350 e. The van der Waals surface area contributed by atoms with E-state index in [2.05, 4.69) is 37.2 Å². The highest BCUT2D eigenvalue weighted by atomic mass is 79.9. The summed E-state index contributed by atoms with van der Waals surface area (Å²) < 4.78 is 2.94. The van der Waals surface area contributed by atoms with Gasteiger partial charge in [-0.15, -0.1) is 0 Å². The number of likely N-dealkylation sites (tertiary alicyclic amines) is 1. The lowest BCUT2D eigenvalue weighted by molar-refractivity contribution is -0.911. The van der Waals surface area contributed by atoms with E-state index in [1.54, 1.807) is 0 Å². The van der Waals surface area contributed by atoms with E-state index < -0.39 is 0 Å². The van der Waals surface area contributed by atoms with Gasteiger partial charge in [-0.3, -0.25) is 9.59 Å². The van der Waals surface area contributed by atoms with E-state index in [4.69, 9.17) is 0 Å².